The van der Waals surface area contributed by atoms with Crippen molar-refractivity contribution in [2.45, 2.75) is 58.8 Å². The molecule has 1 aromatic heterocycles. The molecule has 0 amide bonds. The Hall–Kier alpha value is -0.940. The quantitative estimate of drug-likeness (QED) is 0.835. The molecule has 18 heavy (non-hydrogen) atoms. The molecule has 0 radical (unpaired) electrons. The lowest BCUT2D eigenvalue weighted by molar-refractivity contribution is -0.0981. The largest absolute Gasteiger partial charge is 0.381 e. The first-order valence-corrected chi connectivity index (χ1v) is 6.72. The van der Waals surface area contributed by atoms with Crippen LogP contribution in [0.2, 0.25) is 0 Å². The molecule has 2 unspecified atom stereocenters. The number of hydrogen-bond acceptors (Lipinski definition) is 4. The van der Waals surface area contributed by atoms with Crippen molar-refractivity contribution in [2.24, 2.45) is 5.41 Å². The first-order valence-electron chi connectivity index (χ1n) is 6.72. The summed E-state index contributed by atoms with van der Waals surface area (Å²) in [6.45, 7) is 8.37. The van der Waals surface area contributed by atoms with E-state index in [0.717, 1.165) is 31.8 Å². The molecule has 1 saturated carbocycles. The van der Waals surface area contributed by atoms with Gasteiger partial charge < -0.3 is 10.1 Å². The SMILES string of the molecule is CCCn1ncnc1CNC1CC(OC)C1(C)C. The number of methoxy groups -OCH3 is 1. The average molecular weight is 252 g/mol. The lowest BCUT2D eigenvalue weighted by atomic mass is 9.64. The Morgan fingerprint density at radius 2 is 2.33 bits per heavy atom. The molecular formula is C13H24N4O. The minimum absolute atomic E-state index is 0.199. The summed E-state index contributed by atoms with van der Waals surface area (Å²) in [4.78, 5) is 4.31. The highest BCUT2D eigenvalue weighted by molar-refractivity contribution is 5.03. The van der Waals surface area contributed by atoms with Crippen LogP contribution in [0.5, 0.6) is 0 Å². The maximum atomic E-state index is 5.46. The standard InChI is InChI=1S/C13H24N4O/c1-5-6-17-12(15-9-16-17)8-14-10-7-11(18-4)13(10,2)3/h9-11,14H,5-8H2,1-4H3. The molecular weight excluding hydrogens is 228 g/mol. The van der Waals surface area contributed by atoms with Crippen molar-refractivity contribution in [3.05, 3.63) is 12.2 Å². The first kappa shape index (κ1) is 13.5. The molecule has 1 aliphatic rings. The second-order valence-electron chi connectivity index (χ2n) is 5.61. The highest BCUT2D eigenvalue weighted by Gasteiger charge is 2.48. The second-order valence-corrected chi connectivity index (χ2v) is 5.61. The van der Waals surface area contributed by atoms with Gasteiger partial charge in [-0.25, -0.2) is 9.67 Å². The highest BCUT2D eigenvalue weighted by Crippen LogP contribution is 2.42. The zero-order valence-corrected chi connectivity index (χ0v) is 11.8. The lowest BCUT2D eigenvalue weighted by Gasteiger charge is -2.51. The van der Waals surface area contributed by atoms with E-state index in [9.17, 15) is 0 Å². The van der Waals surface area contributed by atoms with E-state index in [2.05, 4.69) is 36.2 Å². The fourth-order valence-electron chi connectivity index (χ4n) is 2.67. The van der Waals surface area contributed by atoms with E-state index in [1.807, 2.05) is 4.68 Å². The number of ether oxygens (including phenoxy) is 1. The molecule has 0 saturated heterocycles. The van der Waals surface area contributed by atoms with Crippen molar-refractivity contribution >= 4 is 0 Å². The third-order valence-electron chi connectivity index (χ3n) is 4.10. The van der Waals surface area contributed by atoms with Crippen LogP contribution in [0.15, 0.2) is 6.33 Å². The summed E-state index contributed by atoms with van der Waals surface area (Å²) in [5, 5.41) is 7.81. The second kappa shape index (κ2) is 5.36. The normalized spacial score (nSPS) is 26.0. The smallest absolute Gasteiger partial charge is 0.140 e. The number of aryl methyl sites for hydroxylation is 1. The van der Waals surface area contributed by atoms with Crippen LogP contribution in [0.4, 0.5) is 0 Å². The fraction of sp³-hybridized carbons (Fsp3) is 0.846. The predicted octanol–water partition coefficient (Wildman–Crippen LogP) is 1.59. The maximum Gasteiger partial charge on any atom is 0.140 e. The molecule has 102 valence electrons. The Kier molecular flexibility index (Phi) is 4.02. The maximum absolute atomic E-state index is 5.46. The van der Waals surface area contributed by atoms with E-state index in [-0.39, 0.29) is 5.41 Å². The van der Waals surface area contributed by atoms with Crippen LogP contribution < -0.4 is 5.32 Å². The molecule has 1 aliphatic carbocycles. The van der Waals surface area contributed by atoms with E-state index in [4.69, 9.17) is 4.74 Å². The van der Waals surface area contributed by atoms with Gasteiger partial charge in [-0.1, -0.05) is 20.8 Å². The summed E-state index contributed by atoms with van der Waals surface area (Å²) in [5.41, 5.74) is 0.199. The predicted molar refractivity (Wildman–Crippen MR) is 70.1 cm³/mol. The number of rotatable bonds is 6. The third kappa shape index (κ3) is 2.42. The molecule has 0 spiro atoms. The average Bonchev–Trinajstić information content (AvgIpc) is 2.76. The summed E-state index contributed by atoms with van der Waals surface area (Å²) >= 11 is 0. The summed E-state index contributed by atoms with van der Waals surface area (Å²) < 4.78 is 7.44. The van der Waals surface area contributed by atoms with Crippen molar-refractivity contribution in [1.82, 2.24) is 20.1 Å². The van der Waals surface area contributed by atoms with Gasteiger partial charge in [-0.3, -0.25) is 0 Å². The van der Waals surface area contributed by atoms with E-state index in [0.29, 0.717) is 12.1 Å². The zero-order valence-electron chi connectivity index (χ0n) is 11.8. The van der Waals surface area contributed by atoms with Gasteiger partial charge in [-0.15, -0.1) is 0 Å². The minimum atomic E-state index is 0.199. The van der Waals surface area contributed by atoms with Crippen molar-refractivity contribution in [2.75, 3.05) is 7.11 Å². The number of nitrogens with zero attached hydrogens (tertiary/aromatic N) is 3. The fourth-order valence-corrected chi connectivity index (χ4v) is 2.67. The van der Waals surface area contributed by atoms with Crippen LogP contribution in [0.1, 0.15) is 39.4 Å². The van der Waals surface area contributed by atoms with Gasteiger partial charge in [0.15, 0.2) is 0 Å². The molecule has 0 aromatic carbocycles. The molecule has 1 fully saturated rings. The molecule has 2 rings (SSSR count). The van der Waals surface area contributed by atoms with E-state index >= 15 is 0 Å². The summed E-state index contributed by atoms with van der Waals surface area (Å²) in [7, 11) is 1.79. The lowest BCUT2D eigenvalue weighted by Crippen LogP contribution is -2.60. The monoisotopic (exact) mass is 252 g/mol. The molecule has 5 heteroatoms. The van der Waals surface area contributed by atoms with Gasteiger partial charge in [-0.05, 0) is 12.8 Å². The molecule has 0 bridgehead atoms. The Morgan fingerprint density at radius 3 is 2.94 bits per heavy atom. The Morgan fingerprint density at radius 1 is 1.56 bits per heavy atom. The summed E-state index contributed by atoms with van der Waals surface area (Å²) in [6, 6.07) is 0.495. The van der Waals surface area contributed by atoms with Gasteiger partial charge >= 0.3 is 0 Å². The van der Waals surface area contributed by atoms with Crippen molar-refractivity contribution in [1.29, 1.82) is 0 Å². The summed E-state index contributed by atoms with van der Waals surface area (Å²) in [5.74, 6) is 1.02. The van der Waals surface area contributed by atoms with E-state index in [1.54, 1.807) is 13.4 Å². The molecule has 1 heterocycles. The summed E-state index contributed by atoms with van der Waals surface area (Å²) in [6.07, 6.45) is 4.16. The van der Waals surface area contributed by atoms with E-state index < -0.39 is 0 Å². The van der Waals surface area contributed by atoms with Gasteiger partial charge in [0.1, 0.15) is 12.2 Å². The van der Waals surface area contributed by atoms with Crippen LogP contribution in [0.3, 0.4) is 0 Å². The van der Waals surface area contributed by atoms with Gasteiger partial charge in [0.25, 0.3) is 0 Å². The topological polar surface area (TPSA) is 52.0 Å². The van der Waals surface area contributed by atoms with Gasteiger partial charge in [0, 0.05) is 25.1 Å². The van der Waals surface area contributed by atoms with E-state index in [1.165, 1.54) is 0 Å². The third-order valence-corrected chi connectivity index (χ3v) is 4.10. The van der Waals surface area contributed by atoms with Crippen molar-refractivity contribution < 1.29 is 4.74 Å². The van der Waals surface area contributed by atoms with Gasteiger partial charge in [0.05, 0.1) is 12.6 Å². The van der Waals surface area contributed by atoms with Crippen molar-refractivity contribution in [3.63, 3.8) is 0 Å². The number of hydrogen-bond donors (Lipinski definition) is 1. The zero-order chi connectivity index (χ0) is 13.2. The Bertz CT molecular complexity index is 388. The molecule has 5 nitrogen and oxygen atoms in total. The van der Waals surface area contributed by atoms with Crippen molar-refractivity contribution in [3.8, 4) is 0 Å². The Balaban J connectivity index is 1.87. The minimum Gasteiger partial charge on any atom is -0.381 e. The molecule has 1 aromatic rings. The van der Waals surface area contributed by atoms with Crippen LogP contribution in [0.25, 0.3) is 0 Å². The first-order chi connectivity index (χ1) is 8.59. The van der Waals surface area contributed by atoms with Crippen LogP contribution in [-0.4, -0.2) is 34.0 Å². The molecule has 2 atom stereocenters. The number of aromatic nitrogens is 3. The highest BCUT2D eigenvalue weighted by atomic mass is 16.5. The molecule has 1 N–H and O–H groups in total. The Labute approximate surface area is 109 Å². The molecule has 0 aliphatic heterocycles. The van der Waals surface area contributed by atoms with Crippen LogP contribution in [-0.2, 0) is 17.8 Å². The number of nitrogens with one attached hydrogen (secondary N) is 1. The van der Waals surface area contributed by atoms with Crippen LogP contribution in [0, 0.1) is 5.41 Å². The van der Waals surface area contributed by atoms with Crippen LogP contribution >= 0.6 is 0 Å². The van der Waals surface area contributed by atoms with Gasteiger partial charge in [-0.2, -0.15) is 5.10 Å². The van der Waals surface area contributed by atoms with Gasteiger partial charge in [0.2, 0.25) is 0 Å².